The van der Waals surface area contributed by atoms with Crippen LogP contribution >= 0.6 is 27.5 Å². The van der Waals surface area contributed by atoms with Gasteiger partial charge in [0, 0.05) is 9.50 Å². The molecule has 2 rings (SSSR count). The van der Waals surface area contributed by atoms with Crippen molar-refractivity contribution in [3.63, 3.8) is 0 Å². The highest BCUT2D eigenvalue weighted by Crippen LogP contribution is 2.28. The van der Waals surface area contributed by atoms with Crippen molar-refractivity contribution in [2.24, 2.45) is 0 Å². The second kappa shape index (κ2) is 6.81. The standard InChI is InChI=1S/C15H12BrClFNO2S/c1-2-9-19(15-8-3-11(16)10-14(15)18)22(20,21)13-6-4-12(17)5-7-13/h2-8,10H,1,9H2. The van der Waals surface area contributed by atoms with Crippen molar-refractivity contribution >= 4 is 43.2 Å². The molecule has 0 fully saturated rings. The lowest BCUT2D eigenvalue weighted by Gasteiger charge is -2.23. The van der Waals surface area contributed by atoms with Crippen LogP contribution in [0, 0.1) is 5.82 Å². The molecule has 0 aromatic heterocycles. The van der Waals surface area contributed by atoms with Gasteiger partial charge in [-0.3, -0.25) is 4.31 Å². The predicted molar refractivity (Wildman–Crippen MR) is 90.3 cm³/mol. The van der Waals surface area contributed by atoms with Crippen LogP contribution in [-0.4, -0.2) is 15.0 Å². The van der Waals surface area contributed by atoms with Crippen LogP contribution in [0.15, 0.2) is 64.5 Å². The topological polar surface area (TPSA) is 37.4 Å². The summed E-state index contributed by atoms with van der Waals surface area (Å²) < 4.78 is 41.1. The van der Waals surface area contributed by atoms with Gasteiger partial charge < -0.3 is 0 Å². The first-order valence-corrected chi connectivity index (χ1v) is 8.81. The van der Waals surface area contributed by atoms with Gasteiger partial charge in [-0.2, -0.15) is 0 Å². The van der Waals surface area contributed by atoms with Crippen molar-refractivity contribution < 1.29 is 12.8 Å². The zero-order valence-electron chi connectivity index (χ0n) is 11.3. The molecule has 2 aromatic carbocycles. The Kier molecular flexibility index (Phi) is 5.26. The lowest BCUT2D eigenvalue weighted by molar-refractivity contribution is 0.587. The van der Waals surface area contributed by atoms with E-state index in [9.17, 15) is 12.8 Å². The van der Waals surface area contributed by atoms with Crippen molar-refractivity contribution in [1.82, 2.24) is 0 Å². The summed E-state index contributed by atoms with van der Waals surface area (Å²) in [5.74, 6) is -0.645. The molecule has 0 amide bonds. The third-order valence-electron chi connectivity index (χ3n) is 2.87. The van der Waals surface area contributed by atoms with E-state index in [1.165, 1.54) is 42.5 Å². The molecule has 22 heavy (non-hydrogen) atoms. The molecular weight excluding hydrogens is 393 g/mol. The summed E-state index contributed by atoms with van der Waals surface area (Å²) in [6.45, 7) is 3.48. The van der Waals surface area contributed by atoms with Gasteiger partial charge >= 0.3 is 0 Å². The molecular formula is C15H12BrClFNO2S. The molecule has 0 spiro atoms. The van der Waals surface area contributed by atoms with E-state index in [1.807, 2.05) is 0 Å². The molecule has 0 heterocycles. The summed E-state index contributed by atoms with van der Waals surface area (Å²) in [6.07, 6.45) is 1.40. The minimum Gasteiger partial charge on any atom is -0.260 e. The minimum absolute atomic E-state index is 0.0288. The summed E-state index contributed by atoms with van der Waals surface area (Å²) in [6, 6.07) is 9.89. The lowest BCUT2D eigenvalue weighted by Crippen LogP contribution is -2.31. The van der Waals surface area contributed by atoms with E-state index in [0.717, 1.165) is 4.31 Å². The highest BCUT2D eigenvalue weighted by Gasteiger charge is 2.26. The zero-order chi connectivity index (χ0) is 16.3. The van der Waals surface area contributed by atoms with Crippen molar-refractivity contribution in [1.29, 1.82) is 0 Å². The Morgan fingerprint density at radius 1 is 1.23 bits per heavy atom. The molecule has 116 valence electrons. The van der Waals surface area contributed by atoms with Crippen molar-refractivity contribution in [3.05, 3.63) is 70.4 Å². The molecule has 0 saturated heterocycles. The van der Waals surface area contributed by atoms with Crippen LogP contribution in [0.4, 0.5) is 10.1 Å². The number of nitrogens with zero attached hydrogens (tertiary/aromatic N) is 1. The summed E-state index contributed by atoms with van der Waals surface area (Å²) in [7, 11) is -3.92. The van der Waals surface area contributed by atoms with Gasteiger partial charge in [0.1, 0.15) is 5.82 Å². The maximum absolute atomic E-state index is 14.1. The summed E-state index contributed by atoms with van der Waals surface area (Å²) in [4.78, 5) is 0.0288. The largest absolute Gasteiger partial charge is 0.264 e. The lowest BCUT2D eigenvalue weighted by atomic mass is 10.3. The van der Waals surface area contributed by atoms with Gasteiger partial charge in [-0.15, -0.1) is 6.58 Å². The Balaban J connectivity index is 2.55. The number of hydrogen-bond acceptors (Lipinski definition) is 2. The van der Waals surface area contributed by atoms with Crippen LogP contribution in [0.3, 0.4) is 0 Å². The molecule has 0 atom stereocenters. The Hall–Kier alpha value is -1.37. The van der Waals surface area contributed by atoms with Gasteiger partial charge in [0.2, 0.25) is 0 Å². The Morgan fingerprint density at radius 2 is 1.86 bits per heavy atom. The van der Waals surface area contributed by atoms with Gasteiger partial charge in [0.15, 0.2) is 0 Å². The van der Waals surface area contributed by atoms with Gasteiger partial charge in [0.25, 0.3) is 10.0 Å². The number of halogens is 3. The average molecular weight is 405 g/mol. The van der Waals surface area contributed by atoms with Crippen LogP contribution in [0.5, 0.6) is 0 Å². The van der Waals surface area contributed by atoms with E-state index in [-0.39, 0.29) is 17.1 Å². The van der Waals surface area contributed by atoms with E-state index in [2.05, 4.69) is 22.5 Å². The quantitative estimate of drug-likeness (QED) is 0.682. The molecule has 0 radical (unpaired) electrons. The highest BCUT2D eigenvalue weighted by molar-refractivity contribution is 9.10. The normalized spacial score (nSPS) is 11.2. The molecule has 7 heteroatoms. The molecule has 0 unspecified atom stereocenters. The number of hydrogen-bond donors (Lipinski definition) is 0. The highest BCUT2D eigenvalue weighted by atomic mass is 79.9. The van der Waals surface area contributed by atoms with E-state index in [4.69, 9.17) is 11.6 Å². The van der Waals surface area contributed by atoms with Crippen molar-refractivity contribution in [2.75, 3.05) is 10.8 Å². The van der Waals surface area contributed by atoms with Gasteiger partial charge in [-0.25, -0.2) is 12.8 Å². The molecule has 0 N–H and O–H groups in total. The smallest absolute Gasteiger partial charge is 0.260 e. The van der Waals surface area contributed by atoms with Gasteiger partial charge in [-0.05, 0) is 42.5 Å². The molecule has 2 aromatic rings. The van der Waals surface area contributed by atoms with Crippen LogP contribution in [-0.2, 0) is 10.0 Å². The monoisotopic (exact) mass is 403 g/mol. The third-order valence-corrected chi connectivity index (χ3v) is 5.41. The Morgan fingerprint density at radius 3 is 2.41 bits per heavy atom. The number of sulfonamides is 1. The van der Waals surface area contributed by atoms with Crippen LogP contribution in [0.2, 0.25) is 5.02 Å². The molecule has 0 saturated carbocycles. The SMILES string of the molecule is C=CCN(c1ccc(Br)cc1F)S(=O)(=O)c1ccc(Cl)cc1. The molecule has 0 aliphatic rings. The number of benzene rings is 2. The molecule has 0 aliphatic heterocycles. The molecule has 0 aliphatic carbocycles. The number of rotatable bonds is 5. The van der Waals surface area contributed by atoms with Crippen molar-refractivity contribution in [3.8, 4) is 0 Å². The van der Waals surface area contributed by atoms with Crippen LogP contribution in [0.25, 0.3) is 0 Å². The van der Waals surface area contributed by atoms with E-state index >= 15 is 0 Å². The fourth-order valence-electron chi connectivity index (χ4n) is 1.86. The van der Waals surface area contributed by atoms with Crippen molar-refractivity contribution in [2.45, 2.75) is 4.90 Å². The van der Waals surface area contributed by atoms with Crippen LogP contribution < -0.4 is 4.31 Å². The van der Waals surface area contributed by atoms with Crippen LogP contribution in [0.1, 0.15) is 0 Å². The van der Waals surface area contributed by atoms with Gasteiger partial charge in [0.05, 0.1) is 17.1 Å². The first kappa shape index (κ1) is 17.0. The molecule has 3 nitrogen and oxygen atoms in total. The number of anilines is 1. The predicted octanol–water partition coefficient (Wildman–Crippen LogP) is 4.62. The zero-order valence-corrected chi connectivity index (χ0v) is 14.5. The Bertz CT molecular complexity index is 794. The summed E-state index contributed by atoms with van der Waals surface area (Å²) in [5.41, 5.74) is -0.0435. The van der Waals surface area contributed by atoms with Gasteiger partial charge in [-0.1, -0.05) is 33.6 Å². The average Bonchev–Trinajstić information content (AvgIpc) is 2.46. The third kappa shape index (κ3) is 3.51. The summed E-state index contributed by atoms with van der Waals surface area (Å²) in [5, 5.41) is 0.420. The summed E-state index contributed by atoms with van der Waals surface area (Å²) >= 11 is 8.92. The van der Waals surface area contributed by atoms with E-state index in [1.54, 1.807) is 6.07 Å². The maximum Gasteiger partial charge on any atom is 0.264 e. The first-order chi connectivity index (χ1) is 10.4. The van der Waals surface area contributed by atoms with E-state index < -0.39 is 15.8 Å². The fourth-order valence-corrected chi connectivity index (χ4v) is 3.76. The fraction of sp³-hybridized carbons (Fsp3) is 0.0667. The van der Waals surface area contributed by atoms with E-state index in [0.29, 0.717) is 9.50 Å². The first-order valence-electron chi connectivity index (χ1n) is 6.20. The Labute approximate surface area is 142 Å². The second-order valence-corrected chi connectivity index (χ2v) is 7.59. The second-order valence-electron chi connectivity index (χ2n) is 4.37. The maximum atomic E-state index is 14.1. The minimum atomic E-state index is -3.92. The molecule has 0 bridgehead atoms.